The highest BCUT2D eigenvalue weighted by atomic mass is 28.3. The summed E-state index contributed by atoms with van der Waals surface area (Å²) < 4.78 is 11.3. The molecule has 0 amide bonds. The van der Waals surface area contributed by atoms with Crippen molar-refractivity contribution in [1.29, 1.82) is 0 Å². The summed E-state index contributed by atoms with van der Waals surface area (Å²) in [5, 5.41) is 0. The van der Waals surface area contributed by atoms with Crippen molar-refractivity contribution in [3.8, 4) is 11.5 Å². The van der Waals surface area contributed by atoms with Crippen molar-refractivity contribution in [3.63, 3.8) is 0 Å². The molecular formula is C17H32O2Si. The fourth-order valence-electron chi connectivity index (χ4n) is 3.60. The summed E-state index contributed by atoms with van der Waals surface area (Å²) in [4.78, 5) is 0. The molecule has 1 aliphatic rings. The lowest BCUT2D eigenvalue weighted by Crippen LogP contribution is -2.43. The maximum Gasteiger partial charge on any atom is 0.158 e. The first-order valence-corrected chi connectivity index (χ1v) is 10.4. The highest BCUT2D eigenvalue weighted by Crippen LogP contribution is 2.40. The molecule has 116 valence electrons. The van der Waals surface area contributed by atoms with Gasteiger partial charge in [0.2, 0.25) is 0 Å². The first-order valence-electron chi connectivity index (χ1n) is 8.14. The van der Waals surface area contributed by atoms with Crippen LogP contribution in [0.1, 0.15) is 60.8 Å². The van der Waals surface area contributed by atoms with E-state index in [-0.39, 0.29) is 6.29 Å². The summed E-state index contributed by atoms with van der Waals surface area (Å²) in [6, 6.07) is 0. The van der Waals surface area contributed by atoms with Crippen molar-refractivity contribution in [2.75, 3.05) is 13.2 Å². The van der Waals surface area contributed by atoms with Crippen LogP contribution in [0.15, 0.2) is 0 Å². The van der Waals surface area contributed by atoms with E-state index in [1.165, 1.54) is 6.42 Å². The molecule has 0 aromatic carbocycles. The van der Waals surface area contributed by atoms with Gasteiger partial charge in [0.15, 0.2) is 6.29 Å². The third-order valence-corrected chi connectivity index (χ3v) is 11.0. The molecule has 1 fully saturated rings. The number of rotatable bonds is 5. The zero-order valence-electron chi connectivity index (χ0n) is 14.2. The van der Waals surface area contributed by atoms with Gasteiger partial charge in [-0.25, -0.2) is 0 Å². The minimum atomic E-state index is -1.60. The van der Waals surface area contributed by atoms with Gasteiger partial charge in [-0.05, 0) is 35.9 Å². The van der Waals surface area contributed by atoms with Crippen LogP contribution < -0.4 is 0 Å². The molecule has 1 saturated heterocycles. The van der Waals surface area contributed by atoms with E-state index in [0.717, 1.165) is 19.4 Å². The van der Waals surface area contributed by atoms with Gasteiger partial charge in [0.1, 0.15) is 14.7 Å². The minimum absolute atomic E-state index is 0.0220. The van der Waals surface area contributed by atoms with Crippen LogP contribution in [-0.4, -0.2) is 27.6 Å². The van der Waals surface area contributed by atoms with Crippen LogP contribution in [0.25, 0.3) is 0 Å². The molecule has 3 heteroatoms. The van der Waals surface area contributed by atoms with Crippen molar-refractivity contribution < 1.29 is 9.47 Å². The van der Waals surface area contributed by atoms with Gasteiger partial charge < -0.3 is 9.47 Å². The summed E-state index contributed by atoms with van der Waals surface area (Å²) >= 11 is 0. The van der Waals surface area contributed by atoms with E-state index in [4.69, 9.17) is 9.47 Å². The van der Waals surface area contributed by atoms with Crippen LogP contribution in [-0.2, 0) is 9.47 Å². The van der Waals surface area contributed by atoms with E-state index in [1.807, 2.05) is 0 Å². The SMILES string of the molecule is CC(C)[Si](C#CCOC1CCCCO1)(C(C)C)C(C)C. The van der Waals surface area contributed by atoms with Crippen LogP contribution in [0.2, 0.25) is 16.6 Å². The van der Waals surface area contributed by atoms with Crippen LogP contribution in [0.4, 0.5) is 0 Å². The summed E-state index contributed by atoms with van der Waals surface area (Å²) in [5.74, 6) is 3.33. The maximum atomic E-state index is 5.74. The van der Waals surface area contributed by atoms with Gasteiger partial charge >= 0.3 is 0 Å². The average Bonchev–Trinajstić information content (AvgIpc) is 2.38. The van der Waals surface area contributed by atoms with Crippen molar-refractivity contribution in [2.24, 2.45) is 0 Å². The van der Waals surface area contributed by atoms with E-state index >= 15 is 0 Å². The van der Waals surface area contributed by atoms with Crippen LogP contribution in [0.5, 0.6) is 0 Å². The number of ether oxygens (including phenoxy) is 2. The van der Waals surface area contributed by atoms with Gasteiger partial charge in [-0.1, -0.05) is 47.5 Å². The largest absolute Gasteiger partial charge is 0.353 e. The second kappa shape index (κ2) is 8.22. The molecule has 1 heterocycles. The minimum Gasteiger partial charge on any atom is -0.353 e. The third-order valence-electron chi connectivity index (χ3n) is 4.65. The topological polar surface area (TPSA) is 18.5 Å². The highest BCUT2D eigenvalue weighted by Gasteiger charge is 2.41. The predicted molar refractivity (Wildman–Crippen MR) is 88.4 cm³/mol. The number of hydrogen-bond donors (Lipinski definition) is 0. The molecule has 0 aliphatic carbocycles. The van der Waals surface area contributed by atoms with Crippen molar-refractivity contribution in [2.45, 2.75) is 83.7 Å². The van der Waals surface area contributed by atoms with Gasteiger partial charge in [0.05, 0.1) is 0 Å². The van der Waals surface area contributed by atoms with E-state index in [1.54, 1.807) is 0 Å². The lowest BCUT2D eigenvalue weighted by molar-refractivity contribution is -0.154. The molecule has 0 aromatic heterocycles. The Balaban J connectivity index is 2.63. The molecular weight excluding hydrogens is 264 g/mol. The van der Waals surface area contributed by atoms with Gasteiger partial charge in [-0.3, -0.25) is 0 Å². The highest BCUT2D eigenvalue weighted by molar-refractivity contribution is 6.90. The quantitative estimate of drug-likeness (QED) is 0.538. The Morgan fingerprint density at radius 2 is 1.65 bits per heavy atom. The molecule has 0 saturated carbocycles. The fraction of sp³-hybridized carbons (Fsp3) is 0.882. The van der Waals surface area contributed by atoms with E-state index in [2.05, 4.69) is 53.0 Å². The lowest BCUT2D eigenvalue weighted by Gasteiger charge is -2.38. The molecule has 0 radical (unpaired) electrons. The van der Waals surface area contributed by atoms with Crippen LogP contribution in [0.3, 0.4) is 0 Å². The Morgan fingerprint density at radius 3 is 2.10 bits per heavy atom. The molecule has 1 atom stereocenters. The van der Waals surface area contributed by atoms with E-state index in [9.17, 15) is 0 Å². The van der Waals surface area contributed by atoms with E-state index < -0.39 is 8.07 Å². The zero-order chi connectivity index (χ0) is 15.2. The fourth-order valence-corrected chi connectivity index (χ4v) is 8.84. The Hall–Kier alpha value is -0.303. The first-order chi connectivity index (χ1) is 9.41. The Kier molecular flexibility index (Phi) is 7.29. The monoisotopic (exact) mass is 296 g/mol. The first kappa shape index (κ1) is 17.7. The molecule has 1 unspecified atom stereocenters. The lowest BCUT2D eigenvalue weighted by atomic mass is 10.2. The predicted octanol–water partition coefficient (Wildman–Crippen LogP) is 4.75. The van der Waals surface area contributed by atoms with Crippen LogP contribution >= 0.6 is 0 Å². The Labute approximate surface area is 126 Å². The Morgan fingerprint density at radius 1 is 1.05 bits per heavy atom. The molecule has 1 rings (SSSR count). The standard InChI is InChI=1S/C17H32O2Si/c1-14(2)20(15(3)4,16(5)6)13-9-12-19-17-10-7-8-11-18-17/h14-17H,7-8,10-12H2,1-6H3. The molecule has 0 spiro atoms. The summed E-state index contributed by atoms with van der Waals surface area (Å²) in [7, 11) is -1.60. The molecule has 1 aliphatic heterocycles. The van der Waals surface area contributed by atoms with Gasteiger partial charge in [0.25, 0.3) is 0 Å². The smallest absolute Gasteiger partial charge is 0.158 e. The van der Waals surface area contributed by atoms with Crippen molar-refractivity contribution in [3.05, 3.63) is 0 Å². The summed E-state index contributed by atoms with van der Waals surface area (Å²) in [6.45, 7) is 15.4. The summed E-state index contributed by atoms with van der Waals surface area (Å²) in [6.07, 6.45) is 3.37. The molecule has 0 bridgehead atoms. The maximum absolute atomic E-state index is 5.74. The summed E-state index contributed by atoms with van der Waals surface area (Å²) in [5.41, 5.74) is 5.72. The molecule has 20 heavy (non-hydrogen) atoms. The van der Waals surface area contributed by atoms with Crippen molar-refractivity contribution in [1.82, 2.24) is 0 Å². The van der Waals surface area contributed by atoms with Gasteiger partial charge in [0, 0.05) is 6.61 Å². The van der Waals surface area contributed by atoms with Crippen LogP contribution in [0, 0.1) is 11.5 Å². The molecule has 0 aromatic rings. The van der Waals surface area contributed by atoms with Gasteiger partial charge in [-0.2, -0.15) is 0 Å². The van der Waals surface area contributed by atoms with Crippen molar-refractivity contribution >= 4 is 8.07 Å². The van der Waals surface area contributed by atoms with E-state index in [0.29, 0.717) is 23.2 Å². The number of hydrogen-bond acceptors (Lipinski definition) is 2. The van der Waals surface area contributed by atoms with Gasteiger partial charge in [-0.15, -0.1) is 5.54 Å². The third kappa shape index (κ3) is 4.34. The zero-order valence-corrected chi connectivity index (χ0v) is 15.2. The second-order valence-electron chi connectivity index (χ2n) is 6.81. The normalized spacial score (nSPS) is 20.4. The average molecular weight is 297 g/mol. The molecule has 0 N–H and O–H groups in total. The second-order valence-corrected chi connectivity index (χ2v) is 12.4. The molecule has 2 nitrogen and oxygen atoms in total. The Bertz CT molecular complexity index is 311.